The predicted octanol–water partition coefficient (Wildman–Crippen LogP) is 6.06. The summed E-state index contributed by atoms with van der Waals surface area (Å²) in [5.41, 5.74) is 1.70. The summed E-state index contributed by atoms with van der Waals surface area (Å²) in [4.78, 5) is 27.0. The van der Waals surface area contributed by atoms with E-state index < -0.39 is 6.04 Å². The van der Waals surface area contributed by atoms with E-state index in [9.17, 15) is 9.59 Å². The SMILES string of the molecule is CCCCCCCCCCCCOC(=O)C1CCCN1C(=O)c1cccc(C)c1. The first-order valence-electron chi connectivity index (χ1n) is 11.7. The third-order valence-electron chi connectivity index (χ3n) is 5.79. The summed E-state index contributed by atoms with van der Waals surface area (Å²) in [5.74, 6) is -0.300. The molecule has 0 saturated carbocycles. The summed E-state index contributed by atoms with van der Waals surface area (Å²) in [6.45, 7) is 5.32. The monoisotopic (exact) mass is 401 g/mol. The molecule has 1 fully saturated rings. The maximum absolute atomic E-state index is 12.8. The molecule has 1 aromatic carbocycles. The van der Waals surface area contributed by atoms with Crippen molar-refractivity contribution in [3.8, 4) is 0 Å². The first-order chi connectivity index (χ1) is 14.1. The third-order valence-corrected chi connectivity index (χ3v) is 5.79. The van der Waals surface area contributed by atoms with Crippen molar-refractivity contribution in [3.63, 3.8) is 0 Å². The Labute approximate surface area is 177 Å². The molecule has 0 aliphatic carbocycles. The molecule has 0 aromatic heterocycles. The van der Waals surface area contributed by atoms with Gasteiger partial charge in [-0.1, -0.05) is 82.4 Å². The lowest BCUT2D eigenvalue weighted by molar-refractivity contribution is -0.148. The molecule has 29 heavy (non-hydrogen) atoms. The molecular formula is C25H39NO3. The predicted molar refractivity (Wildman–Crippen MR) is 118 cm³/mol. The zero-order valence-corrected chi connectivity index (χ0v) is 18.5. The molecule has 1 aromatic rings. The molecular weight excluding hydrogens is 362 g/mol. The number of amides is 1. The van der Waals surface area contributed by atoms with Gasteiger partial charge in [0, 0.05) is 12.1 Å². The molecule has 1 aliphatic heterocycles. The number of rotatable bonds is 13. The molecule has 1 amide bonds. The quantitative estimate of drug-likeness (QED) is 0.298. The number of ether oxygens (including phenoxy) is 1. The number of carbonyl (C=O) groups excluding carboxylic acids is 2. The Hall–Kier alpha value is -1.84. The van der Waals surface area contributed by atoms with Crippen molar-refractivity contribution in [1.29, 1.82) is 0 Å². The van der Waals surface area contributed by atoms with Gasteiger partial charge < -0.3 is 9.64 Å². The highest BCUT2D eigenvalue weighted by Crippen LogP contribution is 2.22. The van der Waals surface area contributed by atoms with Gasteiger partial charge in [0.05, 0.1) is 6.61 Å². The van der Waals surface area contributed by atoms with Crippen molar-refractivity contribution >= 4 is 11.9 Å². The van der Waals surface area contributed by atoms with Crippen LogP contribution >= 0.6 is 0 Å². The number of unbranched alkanes of at least 4 members (excludes halogenated alkanes) is 9. The molecule has 1 unspecified atom stereocenters. The van der Waals surface area contributed by atoms with Crippen LogP contribution in [-0.4, -0.2) is 36.0 Å². The van der Waals surface area contributed by atoms with Crippen LogP contribution in [0.15, 0.2) is 24.3 Å². The lowest BCUT2D eigenvalue weighted by Gasteiger charge is -2.23. The summed E-state index contributed by atoms with van der Waals surface area (Å²) >= 11 is 0. The van der Waals surface area contributed by atoms with Crippen LogP contribution in [0.25, 0.3) is 0 Å². The Morgan fingerprint density at radius 2 is 1.66 bits per heavy atom. The largest absolute Gasteiger partial charge is 0.464 e. The van der Waals surface area contributed by atoms with E-state index in [1.54, 1.807) is 4.90 Å². The van der Waals surface area contributed by atoms with Gasteiger partial charge in [0.2, 0.25) is 0 Å². The van der Waals surface area contributed by atoms with Gasteiger partial charge in [0.25, 0.3) is 5.91 Å². The Morgan fingerprint density at radius 1 is 1.00 bits per heavy atom. The number of hydrogen-bond donors (Lipinski definition) is 0. The molecule has 1 heterocycles. The molecule has 0 radical (unpaired) electrons. The second kappa shape index (κ2) is 13.4. The van der Waals surface area contributed by atoms with Crippen LogP contribution in [0.1, 0.15) is 99.9 Å². The van der Waals surface area contributed by atoms with E-state index in [1.165, 1.54) is 51.4 Å². The zero-order chi connectivity index (χ0) is 20.9. The summed E-state index contributed by atoms with van der Waals surface area (Å²) in [6.07, 6.45) is 14.2. The van der Waals surface area contributed by atoms with Crippen molar-refractivity contribution in [3.05, 3.63) is 35.4 Å². The van der Waals surface area contributed by atoms with E-state index in [4.69, 9.17) is 4.74 Å². The topological polar surface area (TPSA) is 46.6 Å². The van der Waals surface area contributed by atoms with Gasteiger partial charge in [-0.3, -0.25) is 4.79 Å². The number of benzene rings is 1. The van der Waals surface area contributed by atoms with Gasteiger partial charge >= 0.3 is 5.97 Å². The Balaban J connectivity index is 1.61. The Kier molecular flexibility index (Phi) is 10.8. The molecule has 1 saturated heterocycles. The number of carbonyl (C=O) groups is 2. The van der Waals surface area contributed by atoms with Crippen molar-refractivity contribution < 1.29 is 14.3 Å². The van der Waals surface area contributed by atoms with Crippen LogP contribution in [0.5, 0.6) is 0 Å². The number of esters is 1. The van der Waals surface area contributed by atoms with Gasteiger partial charge in [0.1, 0.15) is 6.04 Å². The lowest BCUT2D eigenvalue weighted by Crippen LogP contribution is -2.41. The van der Waals surface area contributed by atoms with Crippen LogP contribution in [-0.2, 0) is 9.53 Å². The minimum atomic E-state index is -0.425. The Morgan fingerprint density at radius 3 is 2.31 bits per heavy atom. The molecule has 162 valence electrons. The standard InChI is InChI=1S/C25H39NO3/c1-3-4-5-6-7-8-9-10-11-12-19-29-25(28)23-17-14-18-26(23)24(27)22-16-13-15-21(2)20-22/h13,15-16,20,23H,3-12,14,17-19H2,1-2H3. The normalized spacial score (nSPS) is 16.2. The summed E-state index contributed by atoms with van der Waals surface area (Å²) in [7, 11) is 0. The molecule has 0 N–H and O–H groups in total. The highest BCUT2D eigenvalue weighted by Gasteiger charge is 2.35. The van der Waals surface area contributed by atoms with E-state index in [-0.39, 0.29) is 11.9 Å². The smallest absolute Gasteiger partial charge is 0.328 e. The minimum Gasteiger partial charge on any atom is -0.464 e. The number of aryl methyl sites for hydroxylation is 1. The zero-order valence-electron chi connectivity index (χ0n) is 18.5. The van der Waals surface area contributed by atoms with Crippen molar-refractivity contribution in [2.24, 2.45) is 0 Å². The van der Waals surface area contributed by atoms with Crippen LogP contribution in [0, 0.1) is 6.92 Å². The number of hydrogen-bond acceptors (Lipinski definition) is 3. The van der Waals surface area contributed by atoms with Gasteiger partial charge in [-0.2, -0.15) is 0 Å². The highest BCUT2D eigenvalue weighted by molar-refractivity contribution is 5.97. The first-order valence-corrected chi connectivity index (χ1v) is 11.7. The first kappa shape index (κ1) is 23.4. The summed E-state index contributed by atoms with van der Waals surface area (Å²) in [6, 6.07) is 7.13. The van der Waals surface area contributed by atoms with Crippen LogP contribution in [0.2, 0.25) is 0 Å². The van der Waals surface area contributed by atoms with Crippen molar-refractivity contribution in [2.75, 3.05) is 13.2 Å². The van der Waals surface area contributed by atoms with E-state index in [0.717, 1.165) is 24.8 Å². The summed E-state index contributed by atoms with van der Waals surface area (Å²) in [5, 5.41) is 0. The molecule has 4 heteroatoms. The second-order valence-corrected chi connectivity index (χ2v) is 8.38. The molecule has 4 nitrogen and oxygen atoms in total. The maximum Gasteiger partial charge on any atom is 0.328 e. The van der Waals surface area contributed by atoms with Crippen LogP contribution in [0.4, 0.5) is 0 Å². The van der Waals surface area contributed by atoms with Gasteiger partial charge in [-0.25, -0.2) is 4.79 Å². The third kappa shape index (κ3) is 8.20. The van der Waals surface area contributed by atoms with Gasteiger partial charge in [-0.15, -0.1) is 0 Å². The second-order valence-electron chi connectivity index (χ2n) is 8.38. The van der Waals surface area contributed by atoms with Crippen molar-refractivity contribution in [1.82, 2.24) is 4.90 Å². The van der Waals surface area contributed by atoms with Gasteiger partial charge in [0.15, 0.2) is 0 Å². The average Bonchev–Trinajstić information content (AvgIpc) is 3.21. The minimum absolute atomic E-state index is 0.0629. The van der Waals surface area contributed by atoms with Gasteiger partial charge in [-0.05, 0) is 38.3 Å². The fraction of sp³-hybridized carbons (Fsp3) is 0.680. The van der Waals surface area contributed by atoms with Crippen molar-refractivity contribution in [2.45, 2.75) is 96.9 Å². The average molecular weight is 402 g/mol. The van der Waals surface area contributed by atoms with E-state index >= 15 is 0 Å². The number of likely N-dealkylation sites (tertiary alicyclic amines) is 1. The fourth-order valence-electron chi connectivity index (χ4n) is 4.06. The van der Waals surface area contributed by atoms with E-state index in [2.05, 4.69) is 6.92 Å². The highest BCUT2D eigenvalue weighted by atomic mass is 16.5. The lowest BCUT2D eigenvalue weighted by atomic mass is 10.1. The molecule has 1 atom stereocenters. The summed E-state index contributed by atoms with van der Waals surface area (Å²) < 4.78 is 5.51. The molecule has 1 aliphatic rings. The molecule has 2 rings (SSSR count). The number of nitrogens with zero attached hydrogens (tertiary/aromatic N) is 1. The Bertz CT molecular complexity index is 628. The molecule has 0 spiro atoms. The van der Waals surface area contributed by atoms with Crippen LogP contribution < -0.4 is 0 Å². The maximum atomic E-state index is 12.8. The van der Waals surface area contributed by atoms with Crippen LogP contribution in [0.3, 0.4) is 0 Å². The molecule has 0 bridgehead atoms. The van der Waals surface area contributed by atoms with E-state index in [1.807, 2.05) is 31.2 Å². The van der Waals surface area contributed by atoms with E-state index in [0.29, 0.717) is 25.1 Å². The fourth-order valence-corrected chi connectivity index (χ4v) is 4.06.